The SMILES string of the molecule is CC1(C)[C@@H]2[C]=C[CH][C@@H]1C2. The highest BCUT2D eigenvalue weighted by molar-refractivity contribution is 5.17. The Balaban J connectivity index is 2.27. The lowest BCUT2D eigenvalue weighted by atomic mass is 9.51. The summed E-state index contributed by atoms with van der Waals surface area (Å²) in [6.07, 6.45) is 9.10. The molecular weight excluding hydrogens is 108 g/mol. The summed E-state index contributed by atoms with van der Waals surface area (Å²) in [5.74, 6) is 1.61. The van der Waals surface area contributed by atoms with Crippen LogP contribution in [0.5, 0.6) is 0 Å². The molecule has 0 nitrogen and oxygen atoms in total. The summed E-state index contributed by atoms with van der Waals surface area (Å²) in [5.41, 5.74) is 0.536. The van der Waals surface area contributed by atoms with Crippen molar-refractivity contribution < 1.29 is 0 Å². The maximum Gasteiger partial charge on any atom is -0.0105 e. The highest BCUT2D eigenvalue weighted by Crippen LogP contribution is 2.55. The van der Waals surface area contributed by atoms with E-state index >= 15 is 0 Å². The van der Waals surface area contributed by atoms with Crippen molar-refractivity contribution in [3.05, 3.63) is 18.6 Å². The average molecular weight is 120 g/mol. The van der Waals surface area contributed by atoms with Gasteiger partial charge in [0.2, 0.25) is 0 Å². The number of hydrogen-bond acceptors (Lipinski definition) is 0. The summed E-state index contributed by atoms with van der Waals surface area (Å²) < 4.78 is 0. The molecule has 0 heterocycles. The van der Waals surface area contributed by atoms with E-state index in [1.807, 2.05) is 0 Å². The molecule has 1 fully saturated rings. The number of rotatable bonds is 0. The van der Waals surface area contributed by atoms with E-state index in [-0.39, 0.29) is 0 Å². The molecule has 3 rings (SSSR count). The molecule has 3 aliphatic rings. The fourth-order valence-corrected chi connectivity index (χ4v) is 1.86. The summed E-state index contributed by atoms with van der Waals surface area (Å²) in [6.45, 7) is 4.67. The molecule has 48 valence electrons. The maximum absolute atomic E-state index is 3.36. The summed E-state index contributed by atoms with van der Waals surface area (Å²) >= 11 is 0. The third-order valence-electron chi connectivity index (χ3n) is 2.97. The summed E-state index contributed by atoms with van der Waals surface area (Å²) in [7, 11) is 0. The van der Waals surface area contributed by atoms with Crippen molar-refractivity contribution in [1.82, 2.24) is 0 Å². The first-order chi connectivity index (χ1) is 4.21. The Morgan fingerprint density at radius 3 is 2.56 bits per heavy atom. The minimum Gasteiger partial charge on any atom is -0.0767 e. The van der Waals surface area contributed by atoms with E-state index in [1.54, 1.807) is 0 Å². The Bertz CT molecular complexity index is 153. The predicted molar refractivity (Wildman–Crippen MR) is 37.5 cm³/mol. The lowest BCUT2D eigenvalue weighted by Crippen LogP contribution is -2.46. The maximum atomic E-state index is 3.36. The smallest absolute Gasteiger partial charge is 0.0105 e. The van der Waals surface area contributed by atoms with Crippen LogP contribution in [-0.2, 0) is 0 Å². The highest BCUT2D eigenvalue weighted by atomic mass is 14.5. The van der Waals surface area contributed by atoms with Crippen LogP contribution in [0.1, 0.15) is 20.3 Å². The van der Waals surface area contributed by atoms with Crippen molar-refractivity contribution in [2.45, 2.75) is 20.3 Å². The number of allylic oxidation sites excluding steroid dienone is 2. The molecule has 0 heteroatoms. The van der Waals surface area contributed by atoms with Gasteiger partial charge in [-0.25, -0.2) is 0 Å². The Labute approximate surface area is 57.0 Å². The van der Waals surface area contributed by atoms with Crippen LogP contribution in [0, 0.1) is 29.7 Å². The Morgan fingerprint density at radius 2 is 2.33 bits per heavy atom. The second kappa shape index (κ2) is 1.42. The molecular formula is C9H12. The minimum atomic E-state index is 0.536. The van der Waals surface area contributed by atoms with Crippen LogP contribution in [0.3, 0.4) is 0 Å². The molecule has 0 aromatic heterocycles. The topological polar surface area (TPSA) is 0 Å². The molecule has 0 amide bonds. The van der Waals surface area contributed by atoms with Gasteiger partial charge in [0.05, 0.1) is 0 Å². The molecule has 0 aliphatic heterocycles. The molecule has 2 bridgehead atoms. The van der Waals surface area contributed by atoms with E-state index in [9.17, 15) is 0 Å². The Kier molecular flexibility index (Phi) is 0.870. The Morgan fingerprint density at radius 1 is 1.56 bits per heavy atom. The van der Waals surface area contributed by atoms with Crippen LogP contribution in [0.25, 0.3) is 0 Å². The second-order valence-corrected chi connectivity index (χ2v) is 3.74. The fourth-order valence-electron chi connectivity index (χ4n) is 1.86. The van der Waals surface area contributed by atoms with Gasteiger partial charge in [0.15, 0.2) is 0 Å². The van der Waals surface area contributed by atoms with Crippen molar-refractivity contribution in [1.29, 1.82) is 0 Å². The van der Waals surface area contributed by atoms with Crippen molar-refractivity contribution >= 4 is 0 Å². The first kappa shape index (κ1) is 5.52. The van der Waals surface area contributed by atoms with Gasteiger partial charge >= 0.3 is 0 Å². The van der Waals surface area contributed by atoms with Crippen molar-refractivity contribution in [2.24, 2.45) is 17.3 Å². The first-order valence-electron chi connectivity index (χ1n) is 3.64. The van der Waals surface area contributed by atoms with E-state index in [1.165, 1.54) is 6.42 Å². The molecule has 2 atom stereocenters. The van der Waals surface area contributed by atoms with Crippen molar-refractivity contribution in [3.63, 3.8) is 0 Å². The van der Waals surface area contributed by atoms with Gasteiger partial charge < -0.3 is 0 Å². The van der Waals surface area contributed by atoms with Gasteiger partial charge in [-0.1, -0.05) is 19.9 Å². The first-order valence-corrected chi connectivity index (χ1v) is 3.64. The molecule has 3 aliphatic carbocycles. The van der Waals surface area contributed by atoms with E-state index in [0.29, 0.717) is 5.41 Å². The molecule has 2 radical (unpaired) electrons. The van der Waals surface area contributed by atoms with Crippen LogP contribution in [0.4, 0.5) is 0 Å². The largest absolute Gasteiger partial charge is 0.0767 e. The van der Waals surface area contributed by atoms with Gasteiger partial charge in [0.25, 0.3) is 0 Å². The summed E-state index contributed by atoms with van der Waals surface area (Å²) in [5, 5.41) is 0. The molecule has 9 heavy (non-hydrogen) atoms. The third-order valence-corrected chi connectivity index (χ3v) is 2.97. The standard InChI is InChI=1S/C9H12/c1-9(2)7-4-3-5-8(9)6-7/h3-4,7-8H,6H2,1-2H3/t7-,8-/m1/s1. The summed E-state index contributed by atoms with van der Waals surface area (Å²) in [6, 6.07) is 0. The molecule has 1 saturated carbocycles. The van der Waals surface area contributed by atoms with Gasteiger partial charge in [-0.3, -0.25) is 0 Å². The zero-order valence-electron chi connectivity index (χ0n) is 6.02. The van der Waals surface area contributed by atoms with Gasteiger partial charge in [0.1, 0.15) is 0 Å². The summed E-state index contributed by atoms with van der Waals surface area (Å²) in [4.78, 5) is 0. The predicted octanol–water partition coefficient (Wildman–Crippen LogP) is 2.23. The van der Waals surface area contributed by atoms with Gasteiger partial charge in [-0.2, -0.15) is 0 Å². The Hall–Kier alpha value is -0.260. The lowest BCUT2D eigenvalue weighted by molar-refractivity contribution is 0.0242. The van der Waals surface area contributed by atoms with Gasteiger partial charge in [-0.15, -0.1) is 0 Å². The van der Waals surface area contributed by atoms with Gasteiger partial charge in [-0.05, 0) is 36.2 Å². The minimum absolute atomic E-state index is 0.536. The van der Waals surface area contributed by atoms with Crippen molar-refractivity contribution in [2.75, 3.05) is 0 Å². The van der Waals surface area contributed by atoms with E-state index in [4.69, 9.17) is 0 Å². The monoisotopic (exact) mass is 120 g/mol. The highest BCUT2D eigenvalue weighted by Gasteiger charge is 2.47. The van der Waals surface area contributed by atoms with Crippen LogP contribution in [-0.4, -0.2) is 0 Å². The van der Waals surface area contributed by atoms with Crippen LogP contribution in [0.2, 0.25) is 0 Å². The third kappa shape index (κ3) is 0.540. The molecule has 0 aromatic carbocycles. The van der Waals surface area contributed by atoms with Gasteiger partial charge in [0, 0.05) is 0 Å². The average Bonchev–Trinajstić information content (AvgIpc) is 1.89. The van der Waals surface area contributed by atoms with Crippen LogP contribution >= 0.6 is 0 Å². The molecule has 0 N–H and O–H groups in total. The van der Waals surface area contributed by atoms with E-state index in [2.05, 4.69) is 32.4 Å². The molecule has 0 saturated heterocycles. The number of hydrogen-bond donors (Lipinski definition) is 0. The van der Waals surface area contributed by atoms with Crippen LogP contribution in [0.15, 0.2) is 6.08 Å². The normalized spacial score (nSPS) is 44.2. The van der Waals surface area contributed by atoms with E-state index < -0.39 is 0 Å². The fraction of sp³-hybridized carbons (Fsp3) is 0.667. The quantitative estimate of drug-likeness (QED) is 0.460. The zero-order valence-corrected chi connectivity index (χ0v) is 6.02. The molecule has 0 aromatic rings. The van der Waals surface area contributed by atoms with E-state index in [0.717, 1.165) is 11.8 Å². The lowest BCUT2D eigenvalue weighted by Gasteiger charge is -2.53. The number of fused-ring (bicyclic) bond motifs is 1. The molecule has 0 unspecified atom stereocenters. The van der Waals surface area contributed by atoms with Crippen molar-refractivity contribution in [3.8, 4) is 0 Å². The zero-order chi connectivity index (χ0) is 6.48. The molecule has 0 spiro atoms. The van der Waals surface area contributed by atoms with Crippen LogP contribution < -0.4 is 0 Å². The second-order valence-electron chi connectivity index (χ2n) is 3.74.